The SMILES string of the molecule is O=C1NNC(=S)S1=O. The van der Waals surface area contributed by atoms with Crippen LogP contribution in [0.1, 0.15) is 0 Å². The molecule has 0 radical (unpaired) electrons. The summed E-state index contributed by atoms with van der Waals surface area (Å²) >= 11 is 4.42. The molecule has 1 rings (SSSR count). The van der Waals surface area contributed by atoms with Crippen molar-refractivity contribution in [1.82, 2.24) is 10.9 Å². The van der Waals surface area contributed by atoms with Crippen molar-refractivity contribution >= 4 is 32.6 Å². The summed E-state index contributed by atoms with van der Waals surface area (Å²) in [6, 6.07) is 0. The Morgan fingerprint density at radius 3 is 2.25 bits per heavy atom. The number of carbonyl (C=O) groups excluding carboxylic acids is 1. The van der Waals surface area contributed by atoms with Gasteiger partial charge < -0.3 is 0 Å². The molecule has 1 aliphatic rings. The number of hydrazine groups is 1. The Kier molecular flexibility index (Phi) is 1.26. The van der Waals surface area contributed by atoms with E-state index in [2.05, 4.69) is 23.1 Å². The predicted molar refractivity (Wildman–Crippen MR) is 32.4 cm³/mol. The molecule has 1 amide bonds. The van der Waals surface area contributed by atoms with Gasteiger partial charge in [0, 0.05) is 0 Å². The van der Waals surface area contributed by atoms with Gasteiger partial charge in [-0.2, -0.15) is 0 Å². The number of hydrogen-bond acceptors (Lipinski definition) is 3. The van der Waals surface area contributed by atoms with E-state index in [0.717, 1.165) is 0 Å². The van der Waals surface area contributed by atoms with E-state index in [0.29, 0.717) is 0 Å². The van der Waals surface area contributed by atoms with E-state index < -0.39 is 16.0 Å². The number of nitrogens with one attached hydrogen (secondary N) is 2. The van der Waals surface area contributed by atoms with E-state index >= 15 is 0 Å². The third kappa shape index (κ3) is 0.716. The largest absolute Gasteiger partial charge is 0.334 e. The molecule has 2 N–H and O–H groups in total. The van der Waals surface area contributed by atoms with Crippen molar-refractivity contribution < 1.29 is 9.00 Å². The molecule has 1 heterocycles. The van der Waals surface area contributed by atoms with Crippen LogP contribution in [0.2, 0.25) is 0 Å². The lowest BCUT2D eigenvalue weighted by Crippen LogP contribution is -2.26. The summed E-state index contributed by atoms with van der Waals surface area (Å²) in [6.45, 7) is 0. The lowest BCUT2D eigenvalue weighted by atomic mass is 11.3. The zero-order valence-corrected chi connectivity index (χ0v) is 5.27. The van der Waals surface area contributed by atoms with Gasteiger partial charge in [0.1, 0.15) is 0 Å². The first-order valence-electron chi connectivity index (χ1n) is 1.73. The molecule has 0 aromatic rings. The molecule has 0 aliphatic carbocycles. The lowest BCUT2D eigenvalue weighted by molar-refractivity contribution is 0.259. The van der Waals surface area contributed by atoms with E-state index in [9.17, 15) is 9.00 Å². The fourth-order valence-electron chi connectivity index (χ4n) is 0.279. The summed E-state index contributed by atoms with van der Waals surface area (Å²) in [4.78, 5) is 10.2. The van der Waals surface area contributed by atoms with Gasteiger partial charge in [-0.15, -0.1) is 0 Å². The van der Waals surface area contributed by atoms with E-state index in [-0.39, 0.29) is 4.32 Å². The van der Waals surface area contributed by atoms with Crippen molar-refractivity contribution in [3.05, 3.63) is 0 Å². The van der Waals surface area contributed by atoms with E-state index in [1.165, 1.54) is 0 Å². The van der Waals surface area contributed by atoms with E-state index in [1.807, 2.05) is 0 Å². The molecule has 0 aromatic carbocycles. The topological polar surface area (TPSA) is 58.2 Å². The second kappa shape index (κ2) is 1.79. The van der Waals surface area contributed by atoms with Gasteiger partial charge in [0.05, 0.1) is 0 Å². The minimum atomic E-state index is -1.64. The van der Waals surface area contributed by atoms with Gasteiger partial charge in [-0.3, -0.25) is 15.6 Å². The van der Waals surface area contributed by atoms with Crippen molar-refractivity contribution in [2.24, 2.45) is 0 Å². The van der Waals surface area contributed by atoms with Gasteiger partial charge in [0.15, 0.2) is 15.1 Å². The fourth-order valence-corrected chi connectivity index (χ4v) is 1.01. The molecule has 0 saturated carbocycles. The maximum atomic E-state index is 10.4. The van der Waals surface area contributed by atoms with Gasteiger partial charge in [-0.25, -0.2) is 4.21 Å². The smallest absolute Gasteiger partial charge is 0.280 e. The van der Waals surface area contributed by atoms with Crippen LogP contribution in [0.5, 0.6) is 0 Å². The van der Waals surface area contributed by atoms with Crippen LogP contribution in [-0.4, -0.2) is 13.8 Å². The van der Waals surface area contributed by atoms with Crippen molar-refractivity contribution in [3.8, 4) is 0 Å². The number of carbonyl (C=O) groups is 1. The Morgan fingerprint density at radius 1 is 1.50 bits per heavy atom. The average molecular weight is 150 g/mol. The van der Waals surface area contributed by atoms with Gasteiger partial charge in [-0.1, -0.05) is 0 Å². The standard InChI is InChI=1S/C2H2N2O2S2/c5-1-3-4-2(7)8(1)6/h(H,3,5)(H,4,7). The first-order valence-corrected chi connectivity index (χ1v) is 3.29. The molecule has 0 spiro atoms. The van der Waals surface area contributed by atoms with Gasteiger partial charge in [-0.05, 0) is 12.2 Å². The Balaban J connectivity index is 2.86. The van der Waals surface area contributed by atoms with Gasteiger partial charge in [0.2, 0.25) is 0 Å². The summed E-state index contributed by atoms with van der Waals surface area (Å²) in [7, 11) is -1.64. The number of amides is 1. The summed E-state index contributed by atoms with van der Waals surface area (Å²) in [5, 5.41) is -0.574. The molecule has 1 unspecified atom stereocenters. The molecule has 6 heteroatoms. The zero-order valence-electron chi connectivity index (χ0n) is 3.63. The average Bonchev–Trinajstić information content (AvgIpc) is 1.98. The molecule has 1 fully saturated rings. The predicted octanol–water partition coefficient (Wildman–Crippen LogP) is -0.752. The van der Waals surface area contributed by atoms with Crippen LogP contribution in [-0.2, 0) is 10.8 Å². The van der Waals surface area contributed by atoms with Crippen LogP contribution in [0.3, 0.4) is 0 Å². The minimum Gasteiger partial charge on any atom is -0.280 e. The van der Waals surface area contributed by atoms with Gasteiger partial charge in [0.25, 0.3) is 0 Å². The summed E-state index contributed by atoms with van der Waals surface area (Å²) in [5.41, 5.74) is 4.34. The van der Waals surface area contributed by atoms with Crippen LogP contribution < -0.4 is 10.9 Å². The lowest BCUT2D eigenvalue weighted by Gasteiger charge is -1.83. The molecular weight excluding hydrogens is 148 g/mol. The number of rotatable bonds is 0. The van der Waals surface area contributed by atoms with E-state index in [4.69, 9.17) is 0 Å². The normalized spacial score (nSPS) is 27.2. The first kappa shape index (κ1) is 5.64. The first-order chi connectivity index (χ1) is 3.72. The quantitative estimate of drug-likeness (QED) is 0.446. The van der Waals surface area contributed by atoms with Crippen LogP contribution >= 0.6 is 12.2 Å². The molecule has 1 saturated heterocycles. The third-order valence-electron chi connectivity index (χ3n) is 0.603. The van der Waals surface area contributed by atoms with Crippen molar-refractivity contribution in [2.75, 3.05) is 0 Å². The zero-order chi connectivity index (χ0) is 6.15. The Hall–Kier alpha value is -0.490. The molecule has 0 aromatic heterocycles. The van der Waals surface area contributed by atoms with E-state index in [1.54, 1.807) is 0 Å². The molecule has 1 aliphatic heterocycles. The summed E-state index contributed by atoms with van der Waals surface area (Å²) < 4.78 is 10.5. The summed E-state index contributed by atoms with van der Waals surface area (Å²) in [5.74, 6) is 0. The second-order valence-electron chi connectivity index (χ2n) is 1.09. The monoisotopic (exact) mass is 150 g/mol. The fraction of sp³-hybridized carbons (Fsp3) is 0. The van der Waals surface area contributed by atoms with Crippen molar-refractivity contribution in [2.45, 2.75) is 0 Å². The van der Waals surface area contributed by atoms with Gasteiger partial charge >= 0.3 is 5.24 Å². The van der Waals surface area contributed by atoms with Crippen LogP contribution in [0.15, 0.2) is 0 Å². The maximum Gasteiger partial charge on any atom is 0.334 e. The third-order valence-corrected chi connectivity index (χ3v) is 2.04. The molecule has 8 heavy (non-hydrogen) atoms. The highest BCUT2D eigenvalue weighted by atomic mass is 32.2. The summed E-state index contributed by atoms with van der Waals surface area (Å²) in [6.07, 6.45) is 0. The Labute approximate surface area is 53.1 Å². The van der Waals surface area contributed by atoms with Crippen LogP contribution in [0, 0.1) is 0 Å². The molecular formula is C2H2N2O2S2. The molecule has 1 atom stereocenters. The highest BCUT2D eigenvalue weighted by Gasteiger charge is 2.23. The molecule has 0 bridgehead atoms. The number of hydrogen-bond donors (Lipinski definition) is 2. The minimum absolute atomic E-state index is 0.0509. The molecule has 4 nitrogen and oxygen atoms in total. The highest BCUT2D eigenvalue weighted by molar-refractivity contribution is 8.22. The van der Waals surface area contributed by atoms with Crippen LogP contribution in [0.4, 0.5) is 4.79 Å². The Morgan fingerprint density at radius 2 is 2.12 bits per heavy atom. The maximum absolute atomic E-state index is 10.4. The Bertz CT molecular complexity index is 159. The number of thiocarbonyl (C=S) groups is 1. The van der Waals surface area contributed by atoms with Crippen molar-refractivity contribution in [1.29, 1.82) is 0 Å². The second-order valence-corrected chi connectivity index (χ2v) is 3.08. The highest BCUT2D eigenvalue weighted by Crippen LogP contribution is 1.91. The molecule has 44 valence electrons. The van der Waals surface area contributed by atoms with Crippen LogP contribution in [0.25, 0.3) is 0 Å². The van der Waals surface area contributed by atoms with Crippen molar-refractivity contribution in [3.63, 3.8) is 0 Å².